The summed E-state index contributed by atoms with van der Waals surface area (Å²) in [5.74, 6) is 1.06. The van der Waals surface area contributed by atoms with Gasteiger partial charge in [-0.05, 0) is 62.8 Å². The van der Waals surface area contributed by atoms with E-state index in [-0.39, 0.29) is 12.5 Å². The van der Waals surface area contributed by atoms with Gasteiger partial charge in [-0.1, -0.05) is 22.4 Å². The van der Waals surface area contributed by atoms with Gasteiger partial charge >= 0.3 is 0 Å². The lowest BCUT2D eigenvalue weighted by atomic mass is 9.95. The van der Waals surface area contributed by atoms with E-state index >= 15 is 0 Å². The molecule has 33 heavy (non-hydrogen) atoms. The molecule has 1 amide bonds. The molecule has 1 saturated heterocycles. The quantitative estimate of drug-likeness (QED) is 0.444. The minimum atomic E-state index is 0.00747. The number of rotatable bonds is 6. The van der Waals surface area contributed by atoms with Crippen LogP contribution in [0.1, 0.15) is 46.7 Å². The van der Waals surface area contributed by atoms with Gasteiger partial charge in [-0.3, -0.25) is 9.78 Å². The highest BCUT2D eigenvalue weighted by molar-refractivity contribution is 5.97. The molecule has 0 radical (unpaired) electrons. The number of ether oxygens (including phenoxy) is 1. The Hall–Kier alpha value is -3.68. The highest BCUT2D eigenvalue weighted by Gasteiger charge is 2.24. The summed E-state index contributed by atoms with van der Waals surface area (Å²) in [5.41, 5.74) is 4.18. The van der Waals surface area contributed by atoms with Crippen molar-refractivity contribution < 1.29 is 14.2 Å². The van der Waals surface area contributed by atoms with Crippen LogP contribution in [0.25, 0.3) is 5.52 Å². The second-order valence-corrected chi connectivity index (χ2v) is 8.55. The Labute approximate surface area is 192 Å². The summed E-state index contributed by atoms with van der Waals surface area (Å²) in [4.78, 5) is 20.0. The van der Waals surface area contributed by atoms with Gasteiger partial charge in [-0.25, -0.2) is 4.63 Å². The second kappa shape index (κ2) is 9.44. The van der Waals surface area contributed by atoms with Crippen LogP contribution in [0.4, 0.5) is 0 Å². The van der Waals surface area contributed by atoms with E-state index in [1.165, 1.54) is 5.52 Å². The van der Waals surface area contributed by atoms with Crippen LogP contribution >= 0.6 is 0 Å². The highest BCUT2D eigenvalue weighted by Crippen LogP contribution is 2.26. The van der Waals surface area contributed by atoms with Crippen molar-refractivity contribution in [1.82, 2.24) is 24.6 Å². The number of hydrogen-bond donors (Lipinski definition) is 0. The fraction of sp³-hybridized carbons (Fsp3) is 0.360. The molecular formula is C25H27N5O3. The molecule has 0 saturated carbocycles. The normalized spacial score (nSPS) is 16.6. The summed E-state index contributed by atoms with van der Waals surface area (Å²) in [5, 5.41) is 7.63. The molecule has 4 heterocycles. The molecule has 0 N–H and O–H groups in total. The average molecular weight is 446 g/mol. The van der Waals surface area contributed by atoms with Crippen molar-refractivity contribution in [3.05, 3.63) is 77.6 Å². The number of aryl methyl sites for hydroxylation is 1. The van der Waals surface area contributed by atoms with E-state index in [1.54, 1.807) is 0 Å². The molecule has 1 atom stereocenters. The summed E-state index contributed by atoms with van der Waals surface area (Å²) in [6, 6.07) is 11.5. The molecule has 0 aliphatic carbocycles. The van der Waals surface area contributed by atoms with Crippen LogP contribution in [0.3, 0.4) is 0 Å². The smallest absolute Gasteiger partial charge is 0.257 e. The molecule has 4 aromatic rings. The number of amides is 1. The molecule has 5 rings (SSSR count). The van der Waals surface area contributed by atoms with E-state index < -0.39 is 0 Å². The molecule has 0 spiro atoms. The lowest BCUT2D eigenvalue weighted by Gasteiger charge is -2.22. The van der Waals surface area contributed by atoms with Crippen molar-refractivity contribution >= 4 is 11.4 Å². The zero-order valence-corrected chi connectivity index (χ0v) is 18.7. The summed E-state index contributed by atoms with van der Waals surface area (Å²) < 4.78 is 12.8. The summed E-state index contributed by atoms with van der Waals surface area (Å²) in [7, 11) is 0. The summed E-state index contributed by atoms with van der Waals surface area (Å²) in [6.07, 6.45) is 9.85. The predicted molar refractivity (Wildman–Crippen MR) is 122 cm³/mol. The lowest BCUT2D eigenvalue weighted by Crippen LogP contribution is -2.32. The van der Waals surface area contributed by atoms with Crippen molar-refractivity contribution in [3.63, 3.8) is 0 Å². The van der Waals surface area contributed by atoms with Gasteiger partial charge in [0.25, 0.3) is 5.91 Å². The third-order valence-electron chi connectivity index (χ3n) is 6.38. The number of likely N-dealkylation sites (tertiary alicyclic amines) is 1. The highest BCUT2D eigenvalue weighted by atomic mass is 16.6. The Morgan fingerprint density at radius 2 is 2.00 bits per heavy atom. The molecule has 0 bridgehead atoms. The number of carbonyl (C=O) groups excluding carboxylic acids is 1. The van der Waals surface area contributed by atoms with Crippen LogP contribution in [0, 0.1) is 12.8 Å². The number of benzene rings is 1. The van der Waals surface area contributed by atoms with Crippen LogP contribution < -0.4 is 4.74 Å². The Bertz CT molecular complexity index is 1250. The molecule has 8 nitrogen and oxygen atoms in total. The number of fused-ring (bicyclic) bond motifs is 1. The number of aromatic nitrogens is 4. The zero-order chi connectivity index (χ0) is 22.6. The van der Waals surface area contributed by atoms with E-state index in [0.717, 1.165) is 44.5 Å². The van der Waals surface area contributed by atoms with Crippen LogP contribution in [0.15, 0.2) is 59.6 Å². The monoisotopic (exact) mass is 445 g/mol. The minimum absolute atomic E-state index is 0.00747. The maximum absolute atomic E-state index is 13.4. The third kappa shape index (κ3) is 4.60. The fourth-order valence-electron chi connectivity index (χ4n) is 4.50. The Morgan fingerprint density at radius 3 is 2.88 bits per heavy atom. The Balaban J connectivity index is 1.25. The molecule has 170 valence electrons. The van der Waals surface area contributed by atoms with Gasteiger partial charge in [-0.15, -0.1) is 0 Å². The average Bonchev–Trinajstić information content (AvgIpc) is 3.42. The first-order chi connectivity index (χ1) is 16.2. The van der Waals surface area contributed by atoms with Crippen LogP contribution in [-0.2, 0) is 13.0 Å². The third-order valence-corrected chi connectivity index (χ3v) is 6.38. The molecule has 1 aliphatic rings. The number of hydrogen-bond acceptors (Lipinski definition) is 6. The van der Waals surface area contributed by atoms with Crippen molar-refractivity contribution in [2.45, 2.75) is 39.2 Å². The molecular weight excluding hydrogens is 418 g/mol. The molecule has 8 heteroatoms. The zero-order valence-electron chi connectivity index (χ0n) is 18.7. The van der Waals surface area contributed by atoms with Gasteiger partial charge in [0.2, 0.25) is 0 Å². The van der Waals surface area contributed by atoms with Crippen molar-refractivity contribution in [3.8, 4) is 5.75 Å². The SMILES string of the molecule is Cc1nonc1COc1ccccc1C(=O)N1CCC[C@H](Cc2nccn3cccc23)CC1. The molecule has 3 aromatic heterocycles. The van der Waals surface area contributed by atoms with E-state index in [9.17, 15) is 4.79 Å². The lowest BCUT2D eigenvalue weighted by molar-refractivity contribution is 0.0755. The fourth-order valence-corrected chi connectivity index (χ4v) is 4.50. The standard InChI is InChI=1S/C25H27N5O3/c1-18-22(28-33-27-18)17-32-24-9-3-2-7-20(24)25(31)30-13-4-6-19(10-14-30)16-21-23-8-5-12-29(23)15-11-26-21/h2-3,5,7-9,11-12,15,19H,4,6,10,13-14,16-17H2,1H3/t19-/m0/s1. The van der Waals surface area contributed by atoms with E-state index in [4.69, 9.17) is 9.37 Å². The maximum Gasteiger partial charge on any atom is 0.257 e. The van der Waals surface area contributed by atoms with Gasteiger partial charge < -0.3 is 14.0 Å². The maximum atomic E-state index is 13.4. The molecule has 1 aromatic carbocycles. The minimum Gasteiger partial charge on any atom is -0.486 e. The second-order valence-electron chi connectivity index (χ2n) is 8.55. The van der Waals surface area contributed by atoms with Crippen molar-refractivity contribution in [2.24, 2.45) is 5.92 Å². The Kier molecular flexibility index (Phi) is 6.06. The molecule has 1 aliphatic heterocycles. The van der Waals surface area contributed by atoms with Gasteiger partial charge in [0, 0.05) is 31.7 Å². The van der Waals surface area contributed by atoms with Crippen LogP contribution in [0.5, 0.6) is 5.75 Å². The largest absolute Gasteiger partial charge is 0.486 e. The van der Waals surface area contributed by atoms with E-state index in [0.29, 0.717) is 28.6 Å². The predicted octanol–water partition coefficient (Wildman–Crippen LogP) is 4.09. The first-order valence-corrected chi connectivity index (χ1v) is 11.4. The van der Waals surface area contributed by atoms with E-state index in [2.05, 4.69) is 25.8 Å². The summed E-state index contributed by atoms with van der Waals surface area (Å²) in [6.45, 7) is 3.50. The first-order valence-electron chi connectivity index (χ1n) is 11.4. The molecule has 1 fully saturated rings. The van der Waals surface area contributed by atoms with Crippen LogP contribution in [-0.4, -0.2) is 43.6 Å². The topological polar surface area (TPSA) is 85.8 Å². The van der Waals surface area contributed by atoms with E-state index in [1.807, 2.05) is 60.7 Å². The first kappa shape index (κ1) is 21.2. The van der Waals surface area contributed by atoms with Crippen LogP contribution in [0.2, 0.25) is 0 Å². The molecule has 0 unspecified atom stereocenters. The number of para-hydroxylation sites is 1. The van der Waals surface area contributed by atoms with Gasteiger partial charge in [-0.2, -0.15) is 0 Å². The Morgan fingerprint density at radius 1 is 1.09 bits per heavy atom. The van der Waals surface area contributed by atoms with Gasteiger partial charge in [0.1, 0.15) is 23.7 Å². The van der Waals surface area contributed by atoms with Crippen molar-refractivity contribution in [1.29, 1.82) is 0 Å². The van der Waals surface area contributed by atoms with Crippen molar-refractivity contribution in [2.75, 3.05) is 13.1 Å². The van der Waals surface area contributed by atoms with Gasteiger partial charge in [0.15, 0.2) is 0 Å². The number of nitrogens with zero attached hydrogens (tertiary/aromatic N) is 5. The number of carbonyl (C=O) groups is 1. The van der Waals surface area contributed by atoms with Gasteiger partial charge in [0.05, 0.1) is 16.8 Å². The summed E-state index contributed by atoms with van der Waals surface area (Å²) >= 11 is 0.